The van der Waals surface area contributed by atoms with E-state index in [1.165, 1.54) is 6.07 Å². The summed E-state index contributed by atoms with van der Waals surface area (Å²) >= 11 is 0. The van der Waals surface area contributed by atoms with E-state index in [9.17, 15) is 35.9 Å². The molecule has 4 nitrogen and oxygen atoms in total. The Morgan fingerprint density at radius 1 is 0.975 bits per heavy atom. The summed E-state index contributed by atoms with van der Waals surface area (Å²) in [5.74, 6) is 0. The number of benzene rings is 2. The first-order valence-corrected chi connectivity index (χ1v) is 19.0. The van der Waals surface area contributed by atoms with Crippen LogP contribution >= 0.6 is 0 Å². The second-order valence-corrected chi connectivity index (χ2v) is 22.2. The van der Waals surface area contributed by atoms with E-state index in [0.717, 1.165) is 17.7 Å². The summed E-state index contributed by atoms with van der Waals surface area (Å²) in [5.41, 5.74) is -1.75. The Morgan fingerprint density at radius 3 is 1.98 bits per heavy atom. The van der Waals surface area contributed by atoms with Crippen molar-refractivity contribution < 1.29 is 35.9 Å². The van der Waals surface area contributed by atoms with Crippen LogP contribution in [-0.4, -0.2) is 33.0 Å². The highest BCUT2D eigenvalue weighted by Gasteiger charge is 2.63. The topological polar surface area (TPSA) is 58.2 Å². The minimum atomic E-state index is -4.99. The molecule has 4 rings (SSSR count). The maximum absolute atomic E-state index is 13.8. The summed E-state index contributed by atoms with van der Waals surface area (Å²) in [6.07, 6.45) is -8.13. The molecule has 0 spiro atoms. The first-order valence-electron chi connectivity index (χ1n) is 12.8. The Kier molecular flexibility index (Phi) is 7.06. The van der Waals surface area contributed by atoms with E-state index >= 15 is 0 Å². The number of fused-ring (bicyclic) bond motifs is 1. The highest BCUT2D eigenvalue weighted by atomic mass is 28.4. The van der Waals surface area contributed by atoms with Crippen LogP contribution < -0.4 is 10.5 Å². The Bertz CT molecular complexity index is 1400. The standard InChI is InChI=1S/C27H31BF6N2O2Si2/c1-25(2,3)20-13-15-9-8-10-19(16-11-17(26(29,30)31)14-18(12-16)27(32,33)34)21(15)22(20)35-23(37)39(4,5)28-36-24(38)40(28,6)7/h8-14,22H,1-7H3,(H,35,37)(H,36,38). The molecule has 0 bridgehead atoms. The van der Waals surface area contributed by atoms with Gasteiger partial charge in [-0.1, -0.05) is 71.2 Å². The van der Waals surface area contributed by atoms with Gasteiger partial charge in [-0.2, -0.15) is 26.3 Å². The predicted octanol–water partition coefficient (Wildman–Crippen LogP) is 8.04. The Balaban J connectivity index is 1.85. The first kappa shape index (κ1) is 30.2. The molecule has 1 atom stereocenters. The molecule has 1 heterocycles. The summed E-state index contributed by atoms with van der Waals surface area (Å²) < 4.78 is 82.0. The summed E-state index contributed by atoms with van der Waals surface area (Å²) in [5, 5.41) is 6.03. The van der Waals surface area contributed by atoms with Crippen LogP contribution in [-0.2, 0) is 12.4 Å². The average Bonchev–Trinajstić information content (AvgIpc) is 3.20. The first-order chi connectivity index (χ1) is 18.1. The smallest absolute Gasteiger partial charge is 0.408 e. The van der Waals surface area contributed by atoms with Crippen LogP contribution in [0.2, 0.25) is 26.2 Å². The van der Waals surface area contributed by atoms with Gasteiger partial charge in [0.15, 0.2) is 11.1 Å². The number of nitrogens with one attached hydrogen (secondary N) is 2. The summed E-state index contributed by atoms with van der Waals surface area (Å²) in [7, 11) is -5.14. The molecule has 1 unspecified atom stereocenters. The molecule has 40 heavy (non-hydrogen) atoms. The van der Waals surface area contributed by atoms with Crippen molar-refractivity contribution in [1.82, 2.24) is 10.5 Å². The molecule has 0 aromatic heterocycles. The van der Waals surface area contributed by atoms with E-state index < -0.39 is 50.8 Å². The third-order valence-electron chi connectivity index (χ3n) is 7.98. The number of carbonyl (C=O) groups is 2. The maximum Gasteiger partial charge on any atom is 0.416 e. The number of hydrogen-bond acceptors (Lipinski definition) is 2. The fraction of sp³-hybridized carbons (Fsp3) is 0.407. The molecular weight excluding hydrogens is 565 g/mol. The maximum atomic E-state index is 13.8. The van der Waals surface area contributed by atoms with E-state index in [4.69, 9.17) is 0 Å². The van der Waals surface area contributed by atoms with Gasteiger partial charge in [0.25, 0.3) is 6.03 Å². The largest absolute Gasteiger partial charge is 0.416 e. The number of amides is 2. The molecule has 2 amide bonds. The molecule has 0 radical (unpaired) electrons. The van der Waals surface area contributed by atoms with Gasteiger partial charge >= 0.3 is 12.4 Å². The van der Waals surface area contributed by atoms with E-state index in [2.05, 4.69) is 10.5 Å². The lowest BCUT2D eigenvalue weighted by Gasteiger charge is -2.46. The normalized spacial score (nSPS) is 19.0. The van der Waals surface area contributed by atoms with E-state index in [1.807, 2.05) is 53.0 Å². The molecule has 2 aromatic rings. The number of rotatable bonds is 4. The summed E-state index contributed by atoms with van der Waals surface area (Å²) in [6.45, 7) is 13.3. The van der Waals surface area contributed by atoms with E-state index in [-0.39, 0.29) is 34.3 Å². The average molecular weight is 597 g/mol. The lowest BCUT2D eigenvalue weighted by atomic mass is 9.81. The molecule has 1 aliphatic heterocycles. The lowest BCUT2D eigenvalue weighted by molar-refractivity contribution is -0.143. The second-order valence-electron chi connectivity index (χ2n) is 12.7. The SMILES string of the molecule is CC(C)(C)C1=Cc2cccc(-c3cc(C(F)(F)F)cc(C(F)(F)F)c3)c2C1NC(=O)[Si](C)(C)B1NC(=O)[Si]1(C)C. The van der Waals surface area contributed by atoms with Gasteiger partial charge in [0, 0.05) is 0 Å². The third kappa shape index (κ3) is 5.17. The zero-order chi connectivity index (χ0) is 30.2. The fourth-order valence-corrected chi connectivity index (χ4v) is 16.1. The number of carbonyl (C=O) groups excluding carboxylic acids is 2. The zero-order valence-electron chi connectivity index (χ0n) is 23.3. The number of hydrogen-bond donors (Lipinski definition) is 2. The van der Waals surface area contributed by atoms with Crippen LogP contribution in [0.5, 0.6) is 0 Å². The van der Waals surface area contributed by atoms with Crippen molar-refractivity contribution in [2.24, 2.45) is 5.41 Å². The molecule has 13 heteroatoms. The predicted molar refractivity (Wildman–Crippen MR) is 150 cm³/mol. The van der Waals surface area contributed by atoms with Gasteiger partial charge in [-0.25, -0.2) is 0 Å². The Labute approximate surface area is 231 Å². The zero-order valence-corrected chi connectivity index (χ0v) is 25.3. The van der Waals surface area contributed by atoms with Crippen LogP contribution in [0.25, 0.3) is 17.2 Å². The van der Waals surface area contributed by atoms with Gasteiger partial charge in [0.2, 0.25) is 0 Å². The van der Waals surface area contributed by atoms with Crippen LogP contribution in [0.1, 0.15) is 49.1 Å². The number of alkyl halides is 6. The fourth-order valence-electron chi connectivity index (χ4n) is 5.68. The van der Waals surface area contributed by atoms with Crippen molar-refractivity contribution >= 4 is 39.1 Å². The second kappa shape index (κ2) is 9.37. The molecular formula is C27H31BF6N2O2Si2. The van der Waals surface area contributed by atoms with Gasteiger partial charge in [-0.15, -0.1) is 0 Å². The Morgan fingerprint density at radius 2 is 1.52 bits per heavy atom. The molecule has 1 aliphatic carbocycles. The van der Waals surface area contributed by atoms with Crippen LogP contribution in [0.15, 0.2) is 42.0 Å². The van der Waals surface area contributed by atoms with Crippen molar-refractivity contribution in [2.45, 2.75) is 65.4 Å². The van der Waals surface area contributed by atoms with Crippen molar-refractivity contribution in [3.05, 3.63) is 64.2 Å². The van der Waals surface area contributed by atoms with Gasteiger partial charge in [0.05, 0.1) is 17.2 Å². The van der Waals surface area contributed by atoms with Gasteiger partial charge in [-0.3, -0.25) is 9.59 Å². The molecule has 1 saturated heterocycles. The molecule has 214 valence electrons. The van der Waals surface area contributed by atoms with E-state index in [1.54, 1.807) is 12.1 Å². The monoisotopic (exact) mass is 596 g/mol. The molecule has 0 saturated carbocycles. The van der Waals surface area contributed by atoms with E-state index in [0.29, 0.717) is 11.1 Å². The van der Waals surface area contributed by atoms with Gasteiger partial charge in [-0.05, 0) is 51.4 Å². The molecule has 1 fully saturated rings. The van der Waals surface area contributed by atoms with Gasteiger partial charge < -0.3 is 10.5 Å². The molecule has 2 aromatic carbocycles. The highest BCUT2D eigenvalue weighted by molar-refractivity contribution is 7.75. The minimum absolute atomic E-state index is 0.0142. The van der Waals surface area contributed by atoms with Crippen LogP contribution in [0.4, 0.5) is 35.9 Å². The molecule has 2 aliphatic rings. The van der Waals surface area contributed by atoms with Crippen molar-refractivity contribution in [3.8, 4) is 11.1 Å². The Hall–Kier alpha value is -2.80. The van der Waals surface area contributed by atoms with Crippen molar-refractivity contribution in [1.29, 1.82) is 0 Å². The molecule has 2 N–H and O–H groups in total. The quantitative estimate of drug-likeness (QED) is 0.277. The number of halogens is 6. The van der Waals surface area contributed by atoms with Gasteiger partial charge in [0.1, 0.15) is 15.9 Å². The summed E-state index contributed by atoms with van der Waals surface area (Å²) in [6, 6.07) is 5.37. The third-order valence-corrected chi connectivity index (χ3v) is 18.1. The van der Waals surface area contributed by atoms with Crippen molar-refractivity contribution in [3.63, 3.8) is 0 Å². The minimum Gasteiger partial charge on any atom is -0.408 e. The van der Waals surface area contributed by atoms with Crippen LogP contribution in [0, 0.1) is 5.41 Å². The summed E-state index contributed by atoms with van der Waals surface area (Å²) in [4.78, 5) is 26.0. The lowest BCUT2D eigenvalue weighted by Crippen LogP contribution is -2.87. The van der Waals surface area contributed by atoms with Crippen molar-refractivity contribution in [2.75, 3.05) is 0 Å². The highest BCUT2D eigenvalue weighted by Crippen LogP contribution is 2.48. The van der Waals surface area contributed by atoms with Crippen LogP contribution in [0.3, 0.4) is 0 Å².